The van der Waals surface area contributed by atoms with E-state index in [2.05, 4.69) is 34.7 Å². The standard InChI is InChI=1S/C16H28N4O3S2.HI/c1-12-10-20(11-13(2)23-12)25(21,22)8-7-18-16(17-4)19-9-15-6-5-14(3)24-15;/h5-6,12-13H,7-11H2,1-4H3,(H2,17,18,19);1H. The summed E-state index contributed by atoms with van der Waals surface area (Å²) in [6, 6.07) is 4.15. The number of nitrogens with zero attached hydrogens (tertiary/aromatic N) is 2. The van der Waals surface area contributed by atoms with Crippen molar-refractivity contribution in [2.24, 2.45) is 4.99 Å². The molecule has 2 N–H and O–H groups in total. The highest BCUT2D eigenvalue weighted by Crippen LogP contribution is 2.15. The number of aliphatic imine (C=N–C) groups is 1. The first-order valence-corrected chi connectivity index (χ1v) is 10.9. The average molecular weight is 516 g/mol. The van der Waals surface area contributed by atoms with Gasteiger partial charge < -0.3 is 15.4 Å². The van der Waals surface area contributed by atoms with Crippen LogP contribution in [0, 0.1) is 6.92 Å². The Hall–Kier alpha value is -0.430. The van der Waals surface area contributed by atoms with Crippen LogP contribution in [0.25, 0.3) is 0 Å². The molecule has 2 rings (SSSR count). The molecule has 1 aliphatic rings. The van der Waals surface area contributed by atoms with Gasteiger partial charge >= 0.3 is 0 Å². The zero-order valence-corrected chi connectivity index (χ0v) is 19.7. The van der Waals surface area contributed by atoms with Crippen molar-refractivity contribution in [2.75, 3.05) is 32.4 Å². The van der Waals surface area contributed by atoms with E-state index in [4.69, 9.17) is 4.74 Å². The lowest BCUT2D eigenvalue weighted by atomic mass is 10.3. The van der Waals surface area contributed by atoms with E-state index in [-0.39, 0.29) is 41.9 Å². The molecule has 0 radical (unpaired) electrons. The number of aryl methyl sites for hydroxylation is 1. The molecule has 2 unspecified atom stereocenters. The fourth-order valence-electron chi connectivity index (χ4n) is 2.76. The monoisotopic (exact) mass is 516 g/mol. The Balaban J connectivity index is 0.00000338. The Morgan fingerprint density at radius 2 is 1.96 bits per heavy atom. The Morgan fingerprint density at radius 1 is 1.31 bits per heavy atom. The van der Waals surface area contributed by atoms with Gasteiger partial charge in [0.1, 0.15) is 0 Å². The zero-order valence-electron chi connectivity index (χ0n) is 15.7. The molecule has 1 saturated heterocycles. The fourth-order valence-corrected chi connectivity index (χ4v) is 5.08. The molecule has 0 aromatic carbocycles. The van der Waals surface area contributed by atoms with Gasteiger partial charge in [-0.05, 0) is 32.9 Å². The topological polar surface area (TPSA) is 83.0 Å². The molecule has 10 heteroatoms. The van der Waals surface area contributed by atoms with Crippen LogP contribution in [0.1, 0.15) is 23.6 Å². The summed E-state index contributed by atoms with van der Waals surface area (Å²) >= 11 is 1.73. The van der Waals surface area contributed by atoms with Crippen molar-refractivity contribution in [1.29, 1.82) is 0 Å². The van der Waals surface area contributed by atoms with Gasteiger partial charge in [0.05, 0.1) is 24.5 Å². The Kier molecular flexibility index (Phi) is 9.80. The Labute approximate surface area is 177 Å². The van der Waals surface area contributed by atoms with Gasteiger partial charge in [-0.25, -0.2) is 8.42 Å². The van der Waals surface area contributed by atoms with E-state index in [1.165, 1.54) is 14.1 Å². The smallest absolute Gasteiger partial charge is 0.216 e. The second-order valence-electron chi connectivity index (χ2n) is 6.26. The van der Waals surface area contributed by atoms with Crippen LogP contribution in [-0.2, 0) is 21.3 Å². The highest BCUT2D eigenvalue weighted by atomic mass is 127. The lowest BCUT2D eigenvalue weighted by Gasteiger charge is -2.34. The summed E-state index contributed by atoms with van der Waals surface area (Å²) in [6.45, 7) is 7.67. The number of sulfonamides is 1. The SMILES string of the molecule is CN=C(NCCS(=O)(=O)N1CC(C)OC(C)C1)NCc1ccc(C)s1.I. The minimum Gasteiger partial charge on any atom is -0.373 e. The lowest BCUT2D eigenvalue weighted by Crippen LogP contribution is -2.50. The van der Waals surface area contributed by atoms with E-state index in [0.29, 0.717) is 32.1 Å². The van der Waals surface area contributed by atoms with E-state index < -0.39 is 10.0 Å². The number of morpholine rings is 1. The van der Waals surface area contributed by atoms with Crippen molar-refractivity contribution in [3.63, 3.8) is 0 Å². The van der Waals surface area contributed by atoms with Crippen molar-refractivity contribution in [3.8, 4) is 0 Å². The summed E-state index contributed by atoms with van der Waals surface area (Å²) < 4.78 is 32.1. The first-order chi connectivity index (χ1) is 11.8. The van der Waals surface area contributed by atoms with Gasteiger partial charge in [0.15, 0.2) is 5.96 Å². The summed E-state index contributed by atoms with van der Waals surface area (Å²) in [6.07, 6.45) is -0.148. The third kappa shape index (κ3) is 7.29. The molecule has 0 saturated carbocycles. The maximum atomic E-state index is 12.5. The predicted molar refractivity (Wildman–Crippen MR) is 118 cm³/mol. The first-order valence-electron chi connectivity index (χ1n) is 8.43. The van der Waals surface area contributed by atoms with Crippen LogP contribution in [-0.4, -0.2) is 63.3 Å². The molecular formula is C16H29IN4O3S2. The van der Waals surface area contributed by atoms with Gasteiger partial charge in [-0.15, -0.1) is 35.3 Å². The molecule has 2 atom stereocenters. The third-order valence-corrected chi connectivity index (χ3v) is 6.69. The van der Waals surface area contributed by atoms with E-state index in [1.807, 2.05) is 13.8 Å². The molecule has 1 aromatic rings. The number of thiophene rings is 1. The molecule has 150 valence electrons. The van der Waals surface area contributed by atoms with E-state index in [9.17, 15) is 8.42 Å². The van der Waals surface area contributed by atoms with Gasteiger partial charge in [0.2, 0.25) is 10.0 Å². The summed E-state index contributed by atoms with van der Waals surface area (Å²) in [7, 11) is -1.63. The van der Waals surface area contributed by atoms with Gasteiger partial charge in [-0.2, -0.15) is 4.31 Å². The molecule has 2 heterocycles. The number of ether oxygens (including phenoxy) is 1. The van der Waals surface area contributed by atoms with Crippen molar-refractivity contribution >= 4 is 51.3 Å². The predicted octanol–water partition coefficient (Wildman–Crippen LogP) is 1.78. The minimum atomic E-state index is -3.31. The lowest BCUT2D eigenvalue weighted by molar-refractivity contribution is -0.0440. The van der Waals surface area contributed by atoms with Crippen molar-refractivity contribution in [3.05, 3.63) is 21.9 Å². The number of hydrogen-bond donors (Lipinski definition) is 2. The van der Waals surface area contributed by atoms with E-state index in [0.717, 1.165) is 0 Å². The first kappa shape index (κ1) is 23.6. The number of rotatable bonds is 6. The van der Waals surface area contributed by atoms with Crippen molar-refractivity contribution in [1.82, 2.24) is 14.9 Å². The summed E-state index contributed by atoms with van der Waals surface area (Å²) in [4.78, 5) is 6.61. The number of hydrogen-bond acceptors (Lipinski definition) is 5. The van der Waals surface area contributed by atoms with Crippen molar-refractivity contribution < 1.29 is 13.2 Å². The van der Waals surface area contributed by atoms with Gasteiger partial charge in [-0.1, -0.05) is 0 Å². The third-order valence-electron chi connectivity index (χ3n) is 3.88. The largest absolute Gasteiger partial charge is 0.373 e. The Morgan fingerprint density at radius 3 is 2.50 bits per heavy atom. The highest BCUT2D eigenvalue weighted by Gasteiger charge is 2.30. The summed E-state index contributed by atoms with van der Waals surface area (Å²) in [5.41, 5.74) is 0. The molecule has 1 aliphatic heterocycles. The highest BCUT2D eigenvalue weighted by molar-refractivity contribution is 14.0. The maximum absolute atomic E-state index is 12.5. The second-order valence-corrected chi connectivity index (χ2v) is 9.72. The molecule has 7 nitrogen and oxygen atoms in total. The zero-order chi connectivity index (χ0) is 18.4. The molecule has 1 aromatic heterocycles. The second kappa shape index (κ2) is 10.8. The normalized spacial score (nSPS) is 21.9. The summed E-state index contributed by atoms with van der Waals surface area (Å²) in [5.74, 6) is 0.635. The number of guanidine groups is 1. The quantitative estimate of drug-likeness (QED) is 0.342. The number of nitrogens with one attached hydrogen (secondary N) is 2. The molecule has 0 spiro atoms. The van der Waals surface area contributed by atoms with Crippen LogP contribution in [0.15, 0.2) is 17.1 Å². The minimum absolute atomic E-state index is 0. The van der Waals surface area contributed by atoms with Crippen LogP contribution in [0.4, 0.5) is 0 Å². The van der Waals surface area contributed by atoms with Gasteiger partial charge in [0.25, 0.3) is 0 Å². The van der Waals surface area contributed by atoms with E-state index >= 15 is 0 Å². The van der Waals surface area contributed by atoms with Crippen molar-refractivity contribution in [2.45, 2.75) is 39.5 Å². The Bertz CT molecular complexity index is 683. The van der Waals surface area contributed by atoms with Gasteiger partial charge in [0, 0.05) is 36.4 Å². The van der Waals surface area contributed by atoms with Crippen LogP contribution < -0.4 is 10.6 Å². The molecule has 1 fully saturated rings. The van der Waals surface area contributed by atoms with Gasteiger partial charge in [-0.3, -0.25) is 4.99 Å². The molecule has 0 amide bonds. The van der Waals surface area contributed by atoms with E-state index in [1.54, 1.807) is 18.4 Å². The molecule has 0 bridgehead atoms. The average Bonchev–Trinajstić information content (AvgIpc) is 2.95. The number of halogens is 1. The van der Waals surface area contributed by atoms with Crippen LogP contribution in [0.3, 0.4) is 0 Å². The summed E-state index contributed by atoms with van der Waals surface area (Å²) in [5, 5.41) is 6.27. The maximum Gasteiger partial charge on any atom is 0.216 e. The molecule has 0 aliphatic carbocycles. The van der Waals surface area contributed by atoms with Crippen LogP contribution >= 0.6 is 35.3 Å². The molecular weight excluding hydrogens is 487 g/mol. The fraction of sp³-hybridized carbons (Fsp3) is 0.688. The molecule has 26 heavy (non-hydrogen) atoms. The van der Waals surface area contributed by atoms with Crippen LogP contribution in [0.2, 0.25) is 0 Å². The van der Waals surface area contributed by atoms with Crippen LogP contribution in [0.5, 0.6) is 0 Å².